The molecule has 1 N–H and O–H groups in total. The maximum Gasteiger partial charge on any atom is 0.174 e. The first-order valence-electron chi connectivity index (χ1n) is 12.4. The monoisotopic (exact) mass is 496 g/mol. The lowest BCUT2D eigenvalue weighted by molar-refractivity contribution is 0.0961. The molecule has 6 rings (SSSR count). The van der Waals surface area contributed by atoms with Gasteiger partial charge in [0.25, 0.3) is 0 Å². The molecule has 182 valence electrons. The van der Waals surface area contributed by atoms with Crippen LogP contribution < -0.4 is 15.0 Å². The normalized spacial score (nSPS) is 21.5. The molecule has 0 radical (unpaired) electrons. The predicted octanol–water partition coefficient (Wildman–Crippen LogP) is 6.03. The van der Waals surface area contributed by atoms with Crippen LogP contribution in [-0.4, -0.2) is 27.4 Å². The van der Waals surface area contributed by atoms with Crippen molar-refractivity contribution in [1.82, 2.24) is 14.9 Å². The topological polar surface area (TPSA) is 51.5 Å². The molecular weight excluding hydrogens is 468 g/mol. The summed E-state index contributed by atoms with van der Waals surface area (Å²) >= 11 is 5.90. The molecule has 7 heteroatoms. The number of nitrogens with one attached hydrogen (secondary N) is 1. The summed E-state index contributed by atoms with van der Waals surface area (Å²) in [4.78, 5) is 6.87. The fourth-order valence-corrected chi connectivity index (χ4v) is 5.45. The van der Waals surface area contributed by atoms with Crippen LogP contribution in [0.15, 0.2) is 97.3 Å². The van der Waals surface area contributed by atoms with Gasteiger partial charge in [-0.15, -0.1) is 0 Å². The third-order valence-corrected chi connectivity index (χ3v) is 7.10. The second-order valence-corrected chi connectivity index (χ2v) is 9.51. The number of anilines is 1. The van der Waals surface area contributed by atoms with Crippen LogP contribution in [0.5, 0.6) is 11.5 Å². The zero-order chi connectivity index (χ0) is 24.3. The molecule has 6 nitrogen and oxygen atoms in total. The lowest BCUT2D eigenvalue weighted by atomic mass is 10.0. The number of hydrogen-bond acceptors (Lipinski definition) is 4. The number of aromatic nitrogens is 2. The molecule has 2 aliphatic heterocycles. The summed E-state index contributed by atoms with van der Waals surface area (Å²) < 4.78 is 14.3. The molecule has 0 spiro atoms. The van der Waals surface area contributed by atoms with Gasteiger partial charge < -0.3 is 24.3 Å². The minimum Gasteiger partial charge on any atom is -0.457 e. The first kappa shape index (κ1) is 22.8. The van der Waals surface area contributed by atoms with E-state index in [0.29, 0.717) is 5.11 Å². The van der Waals surface area contributed by atoms with Gasteiger partial charge in [-0.25, -0.2) is 0 Å². The van der Waals surface area contributed by atoms with E-state index in [4.69, 9.17) is 21.7 Å². The van der Waals surface area contributed by atoms with E-state index in [2.05, 4.69) is 56.3 Å². The SMILES string of the molecule is S=C1N[C@@H](c2ccccn2)[C@@H](c2cccn2C[C@@H]2CCCO2)N1c1ccc(Oc2ccccc2)cc1. The highest BCUT2D eigenvalue weighted by Crippen LogP contribution is 2.42. The van der Waals surface area contributed by atoms with Crippen LogP contribution in [0.3, 0.4) is 0 Å². The average molecular weight is 497 g/mol. The molecular formula is C29H28N4O2S. The molecule has 4 heterocycles. The molecule has 0 unspecified atom stereocenters. The summed E-state index contributed by atoms with van der Waals surface area (Å²) in [6.07, 6.45) is 6.43. The molecule has 2 saturated heterocycles. The standard InChI is InChI=1S/C29H28N4O2S/c36-29-31-27(25-11-4-5-17-30-25)28(26-12-6-18-32(26)20-24-10-7-19-34-24)33(29)21-13-15-23(16-14-21)35-22-8-2-1-3-9-22/h1-6,8-9,11-18,24,27-28H,7,10,19-20H2,(H,31,36)/t24-,27-,28+/m0/s1. The third-order valence-electron chi connectivity index (χ3n) is 6.78. The van der Waals surface area contributed by atoms with E-state index >= 15 is 0 Å². The van der Waals surface area contributed by atoms with Crippen molar-refractivity contribution in [2.24, 2.45) is 0 Å². The molecule has 0 bridgehead atoms. The Morgan fingerprint density at radius 3 is 2.50 bits per heavy atom. The number of thiocarbonyl (C=S) groups is 1. The first-order chi connectivity index (χ1) is 17.8. The Balaban J connectivity index is 1.34. The molecule has 4 aromatic rings. The summed E-state index contributed by atoms with van der Waals surface area (Å²) in [5.41, 5.74) is 3.14. The predicted molar refractivity (Wildman–Crippen MR) is 144 cm³/mol. The van der Waals surface area contributed by atoms with Crippen LogP contribution in [0.1, 0.15) is 36.3 Å². The Kier molecular flexibility index (Phi) is 6.40. The Morgan fingerprint density at radius 2 is 1.75 bits per heavy atom. The molecule has 3 atom stereocenters. The van der Waals surface area contributed by atoms with Gasteiger partial charge in [0, 0.05) is 36.9 Å². The molecule has 2 aromatic heterocycles. The van der Waals surface area contributed by atoms with Gasteiger partial charge in [-0.2, -0.15) is 0 Å². The van der Waals surface area contributed by atoms with E-state index in [1.54, 1.807) is 0 Å². The summed E-state index contributed by atoms with van der Waals surface area (Å²) in [6, 6.07) is 28.1. The van der Waals surface area contributed by atoms with Gasteiger partial charge in [0.1, 0.15) is 17.5 Å². The van der Waals surface area contributed by atoms with Crippen molar-refractivity contribution in [3.05, 3.63) is 109 Å². The van der Waals surface area contributed by atoms with Crippen molar-refractivity contribution >= 4 is 23.0 Å². The Hall–Kier alpha value is -3.68. The number of pyridine rings is 1. The van der Waals surface area contributed by atoms with Gasteiger partial charge >= 0.3 is 0 Å². The van der Waals surface area contributed by atoms with Crippen molar-refractivity contribution in [3.63, 3.8) is 0 Å². The zero-order valence-electron chi connectivity index (χ0n) is 19.9. The van der Waals surface area contributed by atoms with E-state index in [9.17, 15) is 0 Å². The molecule has 2 aliphatic rings. The van der Waals surface area contributed by atoms with E-state index in [1.807, 2.05) is 60.8 Å². The van der Waals surface area contributed by atoms with Gasteiger partial charge in [0.2, 0.25) is 0 Å². The smallest absolute Gasteiger partial charge is 0.174 e. The number of rotatable bonds is 7. The lowest BCUT2D eigenvalue weighted by Crippen LogP contribution is -2.31. The first-order valence-corrected chi connectivity index (χ1v) is 12.8. The summed E-state index contributed by atoms with van der Waals surface area (Å²) in [7, 11) is 0. The van der Waals surface area contributed by atoms with Crippen molar-refractivity contribution in [1.29, 1.82) is 0 Å². The van der Waals surface area contributed by atoms with Gasteiger partial charge in [0.05, 0.1) is 17.8 Å². The molecule has 2 fully saturated rings. The summed E-state index contributed by atoms with van der Waals surface area (Å²) in [6.45, 7) is 1.68. The minimum absolute atomic E-state index is 0.0651. The molecule has 36 heavy (non-hydrogen) atoms. The Labute approximate surface area is 216 Å². The fourth-order valence-electron chi connectivity index (χ4n) is 5.10. The maximum atomic E-state index is 6.01. The molecule has 2 aromatic carbocycles. The quantitative estimate of drug-likeness (QED) is 0.315. The van der Waals surface area contributed by atoms with Gasteiger partial charge in [-0.05, 0) is 85.7 Å². The fraction of sp³-hybridized carbons (Fsp3) is 0.241. The van der Waals surface area contributed by atoms with Crippen molar-refractivity contribution in [2.45, 2.75) is 37.6 Å². The average Bonchev–Trinajstić information content (AvgIpc) is 3.67. The van der Waals surface area contributed by atoms with Crippen molar-refractivity contribution in [2.75, 3.05) is 11.5 Å². The lowest BCUT2D eigenvalue weighted by Gasteiger charge is -2.29. The van der Waals surface area contributed by atoms with Gasteiger partial charge in [0.15, 0.2) is 5.11 Å². The van der Waals surface area contributed by atoms with E-state index < -0.39 is 0 Å². The van der Waals surface area contributed by atoms with Crippen LogP contribution in [0, 0.1) is 0 Å². The molecule has 0 aliphatic carbocycles. The number of para-hydroxylation sites is 1. The van der Waals surface area contributed by atoms with Crippen molar-refractivity contribution in [3.8, 4) is 11.5 Å². The van der Waals surface area contributed by atoms with E-state index in [0.717, 1.165) is 48.9 Å². The molecule has 0 amide bonds. The minimum atomic E-state index is -0.0860. The van der Waals surface area contributed by atoms with Crippen molar-refractivity contribution < 1.29 is 9.47 Å². The summed E-state index contributed by atoms with van der Waals surface area (Å²) in [5, 5.41) is 4.23. The highest BCUT2D eigenvalue weighted by atomic mass is 32.1. The van der Waals surface area contributed by atoms with Crippen LogP contribution in [-0.2, 0) is 11.3 Å². The van der Waals surface area contributed by atoms with Crippen LogP contribution >= 0.6 is 12.2 Å². The van der Waals surface area contributed by atoms with Crippen LogP contribution in [0.4, 0.5) is 5.69 Å². The second-order valence-electron chi connectivity index (χ2n) is 9.13. The highest BCUT2D eigenvalue weighted by Gasteiger charge is 2.42. The molecule has 0 saturated carbocycles. The summed E-state index contributed by atoms with van der Waals surface area (Å²) in [5.74, 6) is 1.59. The maximum absolute atomic E-state index is 6.01. The number of nitrogens with zero attached hydrogens (tertiary/aromatic N) is 3. The van der Waals surface area contributed by atoms with Crippen LogP contribution in [0.25, 0.3) is 0 Å². The van der Waals surface area contributed by atoms with E-state index in [-0.39, 0.29) is 18.2 Å². The Morgan fingerprint density at radius 1 is 0.944 bits per heavy atom. The Bertz CT molecular complexity index is 1300. The van der Waals surface area contributed by atoms with E-state index in [1.165, 1.54) is 5.69 Å². The van der Waals surface area contributed by atoms with Gasteiger partial charge in [-0.3, -0.25) is 4.98 Å². The number of hydrogen-bond donors (Lipinski definition) is 1. The number of ether oxygens (including phenoxy) is 2. The van der Waals surface area contributed by atoms with Crippen LogP contribution in [0.2, 0.25) is 0 Å². The second kappa shape index (κ2) is 10.1. The zero-order valence-corrected chi connectivity index (χ0v) is 20.7. The highest BCUT2D eigenvalue weighted by molar-refractivity contribution is 7.80. The van der Waals surface area contributed by atoms with Gasteiger partial charge in [-0.1, -0.05) is 24.3 Å². The number of benzene rings is 2. The third kappa shape index (κ3) is 4.59. The largest absolute Gasteiger partial charge is 0.457 e.